The molecule has 0 heterocycles. The fourth-order valence-electron chi connectivity index (χ4n) is 5.65. The maximum absolute atomic E-state index is 13.9. The molecule has 0 aliphatic carbocycles. The summed E-state index contributed by atoms with van der Waals surface area (Å²) in [5.41, 5.74) is 43.3. The molecule has 27 heteroatoms. The molecular formula is C36H69N17O10. The van der Waals surface area contributed by atoms with E-state index >= 15 is 0 Å². The number of nitrogens with one attached hydrogen (secondary N) is 6. The van der Waals surface area contributed by atoms with Gasteiger partial charge in [-0.25, -0.2) is 4.79 Å². The van der Waals surface area contributed by atoms with Crippen LogP contribution in [0.25, 0.3) is 0 Å². The van der Waals surface area contributed by atoms with Gasteiger partial charge in [0.15, 0.2) is 17.9 Å². The lowest BCUT2D eigenvalue weighted by Gasteiger charge is -2.29. The van der Waals surface area contributed by atoms with Crippen LogP contribution in [0.15, 0.2) is 15.0 Å². The first-order valence-electron chi connectivity index (χ1n) is 20.3. The number of aliphatic carboxylic acids is 1. The lowest BCUT2D eigenvalue weighted by molar-refractivity contribution is -0.142. The zero-order chi connectivity index (χ0) is 48.4. The fourth-order valence-corrected chi connectivity index (χ4v) is 5.65. The largest absolute Gasteiger partial charge is 0.480 e. The van der Waals surface area contributed by atoms with Gasteiger partial charge in [-0.05, 0) is 56.8 Å². The standard InChI is InChI=1S/C36H69N17O10/c1-17(2)14-23(51-27(56)19(37)16-54)31(60)53-26(18(3)4)32(61)49-21(9-6-12-46-35(41)42)29(58)52-24(15-25(38)55)30(59)48-20(8-5-11-45-34(39)40)28(57)50-22(33(62)63)10-7-13-47-36(43)44/h17-24,26,54H,5-16,37H2,1-4H3,(H2,38,55)(H,48,59)(H,49,61)(H,50,57)(H,51,56)(H,52,58)(H,53,60)(H,62,63)(H4,39,40,45)(H4,41,42,46)(H4,43,44,47)/t19-,20-,21-,22-,23-,24-,26-/m0/s1. The summed E-state index contributed by atoms with van der Waals surface area (Å²) < 4.78 is 0. The highest BCUT2D eigenvalue weighted by atomic mass is 16.4. The highest BCUT2D eigenvalue weighted by Crippen LogP contribution is 2.11. The molecule has 0 saturated heterocycles. The van der Waals surface area contributed by atoms with Crippen LogP contribution in [-0.2, 0) is 38.4 Å². The van der Waals surface area contributed by atoms with Gasteiger partial charge in [0.2, 0.25) is 41.4 Å². The molecule has 27 nitrogen and oxygen atoms in total. The monoisotopic (exact) mass is 900 g/mol. The summed E-state index contributed by atoms with van der Waals surface area (Å²) in [5.74, 6) is -9.25. The van der Waals surface area contributed by atoms with E-state index in [9.17, 15) is 48.6 Å². The van der Waals surface area contributed by atoms with E-state index in [2.05, 4.69) is 46.9 Å². The Kier molecular flexibility index (Phi) is 26.6. The van der Waals surface area contributed by atoms with Gasteiger partial charge in [-0.2, -0.15) is 0 Å². The van der Waals surface area contributed by atoms with Crippen LogP contribution in [-0.4, -0.2) is 144 Å². The topological polar surface area (TPSA) is 494 Å². The normalized spacial score (nSPS) is 14.2. The van der Waals surface area contributed by atoms with Gasteiger partial charge in [-0.1, -0.05) is 27.7 Å². The van der Waals surface area contributed by atoms with Crippen molar-refractivity contribution >= 4 is 65.2 Å². The van der Waals surface area contributed by atoms with E-state index in [1.54, 1.807) is 27.7 Å². The minimum absolute atomic E-state index is 0.00630. The number of nitrogens with zero attached hydrogens (tertiary/aromatic N) is 3. The Morgan fingerprint density at radius 2 is 0.873 bits per heavy atom. The Morgan fingerprint density at radius 1 is 0.508 bits per heavy atom. The molecule has 63 heavy (non-hydrogen) atoms. The lowest BCUT2D eigenvalue weighted by Crippen LogP contribution is -2.61. The zero-order valence-electron chi connectivity index (χ0n) is 36.3. The molecule has 358 valence electrons. The third-order valence-electron chi connectivity index (χ3n) is 8.88. The van der Waals surface area contributed by atoms with Gasteiger partial charge in [-0.15, -0.1) is 0 Å². The number of primary amides is 1. The summed E-state index contributed by atoms with van der Waals surface area (Å²) in [6.07, 6.45) is -0.667. The van der Waals surface area contributed by atoms with Gasteiger partial charge in [0.25, 0.3) is 0 Å². The fraction of sp³-hybridized carbons (Fsp3) is 0.694. The average Bonchev–Trinajstić information content (AvgIpc) is 3.17. The molecule has 0 rings (SSSR count). The Morgan fingerprint density at radius 3 is 1.25 bits per heavy atom. The van der Waals surface area contributed by atoms with Crippen molar-refractivity contribution in [2.45, 2.75) is 121 Å². The van der Waals surface area contributed by atoms with E-state index < -0.39 is 109 Å². The van der Waals surface area contributed by atoms with Gasteiger partial charge in [-0.3, -0.25) is 48.5 Å². The molecule has 0 aliphatic heterocycles. The molecule has 0 saturated carbocycles. The molecular weight excluding hydrogens is 831 g/mol. The van der Waals surface area contributed by atoms with Gasteiger partial charge in [0.1, 0.15) is 42.3 Å². The summed E-state index contributed by atoms with van der Waals surface area (Å²) >= 11 is 0. The second kappa shape index (κ2) is 29.7. The number of amides is 7. The highest BCUT2D eigenvalue weighted by Gasteiger charge is 2.35. The van der Waals surface area contributed by atoms with Gasteiger partial charge < -0.3 is 88.0 Å². The first kappa shape index (κ1) is 56.5. The van der Waals surface area contributed by atoms with E-state index in [4.69, 9.17) is 45.9 Å². The third kappa shape index (κ3) is 24.5. The first-order valence-corrected chi connectivity index (χ1v) is 20.3. The molecule has 0 aromatic carbocycles. The van der Waals surface area contributed by atoms with Crippen molar-refractivity contribution in [2.75, 3.05) is 26.2 Å². The highest BCUT2D eigenvalue weighted by molar-refractivity contribution is 5.98. The van der Waals surface area contributed by atoms with Crippen LogP contribution in [0.3, 0.4) is 0 Å². The quantitative estimate of drug-likeness (QED) is 0.0175. The molecule has 0 unspecified atom stereocenters. The van der Waals surface area contributed by atoms with E-state index in [1.807, 2.05) is 0 Å². The van der Waals surface area contributed by atoms with Crippen LogP contribution in [0.5, 0.6) is 0 Å². The number of aliphatic hydroxyl groups excluding tert-OH is 1. The zero-order valence-corrected chi connectivity index (χ0v) is 36.3. The summed E-state index contributed by atoms with van der Waals surface area (Å²) in [5, 5.41) is 33.9. The van der Waals surface area contributed by atoms with Crippen molar-refractivity contribution in [3.8, 4) is 0 Å². The maximum atomic E-state index is 13.9. The summed E-state index contributed by atoms with van der Waals surface area (Å²) in [6, 6.07) is -9.81. The van der Waals surface area contributed by atoms with Gasteiger partial charge >= 0.3 is 5.97 Å². The Balaban J connectivity index is 6.60. The Hall–Kier alpha value is -6.51. The van der Waals surface area contributed by atoms with Crippen LogP contribution >= 0.6 is 0 Å². The number of hydrogen-bond donors (Lipinski definition) is 16. The number of carboxylic acids is 1. The van der Waals surface area contributed by atoms with Crippen LogP contribution in [0.4, 0.5) is 0 Å². The maximum Gasteiger partial charge on any atom is 0.326 e. The molecule has 0 bridgehead atoms. The molecule has 0 radical (unpaired) electrons. The van der Waals surface area contributed by atoms with Crippen LogP contribution in [0.2, 0.25) is 0 Å². The lowest BCUT2D eigenvalue weighted by atomic mass is 9.99. The summed E-state index contributed by atoms with van der Waals surface area (Å²) in [6.45, 7) is 6.21. The van der Waals surface area contributed by atoms with Crippen molar-refractivity contribution in [2.24, 2.45) is 72.7 Å². The smallest absolute Gasteiger partial charge is 0.326 e. The van der Waals surface area contributed by atoms with Crippen molar-refractivity contribution in [3.05, 3.63) is 0 Å². The number of carboxylic acid groups (broad SMARTS) is 1. The van der Waals surface area contributed by atoms with Crippen LogP contribution in [0.1, 0.15) is 79.1 Å². The predicted molar refractivity (Wildman–Crippen MR) is 232 cm³/mol. The van der Waals surface area contributed by atoms with E-state index in [1.165, 1.54) is 0 Å². The minimum atomic E-state index is -1.73. The number of guanidine groups is 3. The van der Waals surface area contributed by atoms with E-state index in [0.717, 1.165) is 0 Å². The second-order valence-corrected chi connectivity index (χ2v) is 15.3. The number of aliphatic imine (C=N–C) groups is 3. The van der Waals surface area contributed by atoms with Crippen molar-refractivity contribution in [1.82, 2.24) is 31.9 Å². The molecule has 24 N–H and O–H groups in total. The Labute approximate surface area is 365 Å². The number of rotatable bonds is 31. The van der Waals surface area contributed by atoms with E-state index in [0.29, 0.717) is 0 Å². The van der Waals surface area contributed by atoms with Crippen LogP contribution in [0, 0.1) is 11.8 Å². The van der Waals surface area contributed by atoms with Gasteiger partial charge in [0, 0.05) is 19.6 Å². The molecule has 0 aromatic rings. The SMILES string of the molecule is CC(C)C[C@H](NC(=O)[C@@H](N)CO)C(=O)N[C@H](C(=O)N[C@@H](CCCN=C(N)N)C(=O)N[C@@H](CC(N)=O)C(=O)N[C@@H](CCCN=C(N)N)C(=O)N[C@@H](CCCN=C(N)N)C(=O)O)C(C)C. The molecule has 0 aliphatic rings. The average molecular weight is 900 g/mol. The molecule has 0 fully saturated rings. The van der Waals surface area contributed by atoms with Crippen molar-refractivity contribution in [3.63, 3.8) is 0 Å². The first-order chi connectivity index (χ1) is 29.4. The number of aliphatic hydroxyl groups is 1. The number of carbonyl (C=O) groups is 8. The third-order valence-corrected chi connectivity index (χ3v) is 8.88. The van der Waals surface area contributed by atoms with Crippen LogP contribution < -0.4 is 77.8 Å². The molecule has 0 aromatic heterocycles. The van der Waals surface area contributed by atoms with Crippen molar-refractivity contribution < 1.29 is 48.6 Å². The van der Waals surface area contributed by atoms with Gasteiger partial charge in [0.05, 0.1) is 13.0 Å². The Bertz CT molecular complexity index is 1630. The number of nitrogens with two attached hydrogens (primary N) is 8. The van der Waals surface area contributed by atoms with Crippen molar-refractivity contribution in [1.29, 1.82) is 0 Å². The summed E-state index contributed by atoms with van der Waals surface area (Å²) in [7, 11) is 0. The molecule has 7 amide bonds. The molecule has 7 atom stereocenters. The number of hydrogen-bond acceptors (Lipinski definition) is 13. The van der Waals surface area contributed by atoms with E-state index in [-0.39, 0.29) is 88.4 Å². The molecule has 0 spiro atoms. The second-order valence-electron chi connectivity index (χ2n) is 15.3. The minimum Gasteiger partial charge on any atom is -0.480 e. The predicted octanol–water partition coefficient (Wildman–Crippen LogP) is -6.96. The summed E-state index contributed by atoms with van der Waals surface area (Å²) in [4.78, 5) is 117. The number of carbonyl (C=O) groups excluding carboxylic acids is 7.